The molecule has 0 aromatic rings. The zero-order chi connectivity index (χ0) is 11.6. The number of hydrogen-bond acceptors (Lipinski definition) is 3. The van der Waals surface area contributed by atoms with Crippen molar-refractivity contribution >= 4 is 11.8 Å². The summed E-state index contributed by atoms with van der Waals surface area (Å²) in [5.74, 6) is 3.00. The van der Waals surface area contributed by atoms with Gasteiger partial charge in [0, 0.05) is 19.6 Å². The maximum atomic E-state index is 3.79. The Morgan fingerprint density at radius 1 is 1.38 bits per heavy atom. The van der Waals surface area contributed by atoms with Crippen molar-refractivity contribution in [2.45, 2.75) is 38.5 Å². The van der Waals surface area contributed by atoms with Gasteiger partial charge in [-0.1, -0.05) is 20.8 Å². The first-order chi connectivity index (χ1) is 7.60. The van der Waals surface area contributed by atoms with Gasteiger partial charge in [-0.05, 0) is 37.0 Å². The third kappa shape index (κ3) is 3.14. The first-order valence-electron chi connectivity index (χ1n) is 6.71. The topological polar surface area (TPSA) is 15.3 Å². The van der Waals surface area contributed by atoms with Crippen LogP contribution in [0.1, 0.15) is 33.6 Å². The van der Waals surface area contributed by atoms with Crippen LogP contribution in [0.2, 0.25) is 0 Å². The van der Waals surface area contributed by atoms with Gasteiger partial charge in [0.25, 0.3) is 0 Å². The summed E-state index contributed by atoms with van der Waals surface area (Å²) in [4.78, 5) is 3.07. The van der Waals surface area contributed by atoms with Crippen LogP contribution in [-0.4, -0.2) is 41.7 Å². The lowest BCUT2D eigenvalue weighted by Crippen LogP contribution is -2.55. The quantitative estimate of drug-likeness (QED) is 0.800. The molecule has 1 spiro atoms. The molecule has 2 nitrogen and oxygen atoms in total. The molecule has 0 aromatic heterocycles. The van der Waals surface area contributed by atoms with Gasteiger partial charge in [0.2, 0.25) is 0 Å². The van der Waals surface area contributed by atoms with E-state index in [0.29, 0.717) is 4.87 Å². The molecule has 0 aliphatic carbocycles. The molecular formula is C13H26N2S. The molecule has 3 heteroatoms. The van der Waals surface area contributed by atoms with Gasteiger partial charge in [-0.2, -0.15) is 0 Å². The fourth-order valence-corrected chi connectivity index (χ4v) is 4.08. The molecule has 2 heterocycles. The highest BCUT2D eigenvalue weighted by atomic mass is 32.2. The first kappa shape index (κ1) is 12.7. The van der Waals surface area contributed by atoms with Crippen molar-refractivity contribution in [3.8, 4) is 0 Å². The van der Waals surface area contributed by atoms with Crippen molar-refractivity contribution in [3.05, 3.63) is 0 Å². The van der Waals surface area contributed by atoms with Gasteiger partial charge in [0.05, 0.1) is 4.87 Å². The van der Waals surface area contributed by atoms with E-state index in [1.54, 1.807) is 0 Å². The van der Waals surface area contributed by atoms with Crippen molar-refractivity contribution in [2.75, 3.05) is 31.9 Å². The number of nitrogens with zero attached hydrogens (tertiary/aromatic N) is 1. The predicted molar refractivity (Wildman–Crippen MR) is 72.9 cm³/mol. The Morgan fingerprint density at radius 3 is 2.56 bits per heavy atom. The zero-order valence-corrected chi connectivity index (χ0v) is 11.8. The third-order valence-corrected chi connectivity index (χ3v) is 5.54. The average Bonchev–Trinajstić information content (AvgIpc) is 2.26. The van der Waals surface area contributed by atoms with E-state index >= 15 is 0 Å². The molecule has 1 unspecified atom stereocenters. The zero-order valence-electron chi connectivity index (χ0n) is 11.0. The molecule has 2 saturated heterocycles. The van der Waals surface area contributed by atoms with Crippen LogP contribution < -0.4 is 5.32 Å². The smallest absolute Gasteiger partial charge is 0.0669 e. The van der Waals surface area contributed by atoms with Crippen LogP contribution in [0.25, 0.3) is 0 Å². The lowest BCUT2D eigenvalue weighted by atomic mass is 10.0. The van der Waals surface area contributed by atoms with E-state index in [4.69, 9.17) is 0 Å². The highest BCUT2D eigenvalue weighted by molar-refractivity contribution is 8.00. The molecule has 0 aromatic carbocycles. The van der Waals surface area contributed by atoms with Crippen LogP contribution in [0.4, 0.5) is 0 Å². The molecule has 2 aliphatic heterocycles. The Balaban J connectivity index is 1.80. The first-order valence-corrected chi connectivity index (χ1v) is 7.69. The summed E-state index contributed by atoms with van der Waals surface area (Å²) >= 11 is 2.18. The van der Waals surface area contributed by atoms with Crippen LogP contribution in [0.3, 0.4) is 0 Å². The van der Waals surface area contributed by atoms with E-state index in [-0.39, 0.29) is 0 Å². The second-order valence-electron chi connectivity index (χ2n) is 5.99. The molecule has 1 N–H and O–H groups in total. The molecule has 0 bridgehead atoms. The van der Waals surface area contributed by atoms with E-state index in [1.807, 2.05) is 0 Å². The summed E-state index contributed by atoms with van der Waals surface area (Å²) in [6.07, 6.45) is 2.66. The number of nitrogens with one attached hydrogen (secondary N) is 1. The maximum absolute atomic E-state index is 3.79. The molecule has 94 valence electrons. The van der Waals surface area contributed by atoms with Crippen molar-refractivity contribution in [1.29, 1.82) is 0 Å². The minimum Gasteiger partial charge on any atom is -0.303 e. The van der Waals surface area contributed by atoms with Crippen molar-refractivity contribution in [1.82, 2.24) is 10.2 Å². The van der Waals surface area contributed by atoms with E-state index in [1.165, 1.54) is 44.8 Å². The van der Waals surface area contributed by atoms with Crippen LogP contribution in [-0.2, 0) is 0 Å². The van der Waals surface area contributed by atoms with Crippen LogP contribution in [0, 0.1) is 11.8 Å². The fraction of sp³-hybridized carbons (Fsp3) is 1.00. The highest BCUT2D eigenvalue weighted by Gasteiger charge is 2.37. The molecule has 0 radical (unpaired) electrons. The van der Waals surface area contributed by atoms with E-state index in [2.05, 4.69) is 42.7 Å². The average molecular weight is 242 g/mol. The Morgan fingerprint density at radius 2 is 2.06 bits per heavy atom. The van der Waals surface area contributed by atoms with E-state index < -0.39 is 0 Å². The SMILES string of the molecule is CC(C)CN1CCC2(CC1)NCC(C)CS2. The summed E-state index contributed by atoms with van der Waals surface area (Å²) in [7, 11) is 0. The number of likely N-dealkylation sites (tertiary alicyclic amines) is 1. The summed E-state index contributed by atoms with van der Waals surface area (Å²) < 4.78 is 0. The summed E-state index contributed by atoms with van der Waals surface area (Å²) in [6.45, 7) is 12.0. The van der Waals surface area contributed by atoms with Gasteiger partial charge >= 0.3 is 0 Å². The number of rotatable bonds is 2. The van der Waals surface area contributed by atoms with Crippen LogP contribution in [0.15, 0.2) is 0 Å². The Kier molecular flexibility index (Phi) is 4.20. The molecule has 2 aliphatic rings. The second kappa shape index (κ2) is 5.28. The Hall–Kier alpha value is 0.270. The third-order valence-electron chi connectivity index (χ3n) is 3.70. The molecule has 0 saturated carbocycles. The summed E-state index contributed by atoms with van der Waals surface area (Å²) in [5.41, 5.74) is 0. The lowest BCUT2D eigenvalue weighted by molar-refractivity contribution is 0.163. The minimum absolute atomic E-state index is 0.431. The van der Waals surface area contributed by atoms with Gasteiger partial charge in [-0.25, -0.2) is 0 Å². The molecule has 2 fully saturated rings. The van der Waals surface area contributed by atoms with Gasteiger partial charge in [0.15, 0.2) is 0 Å². The fourth-order valence-electron chi connectivity index (χ4n) is 2.71. The standard InChI is InChI=1S/C13H26N2S/c1-11(2)9-15-6-4-13(5-7-15)14-8-12(3)10-16-13/h11-12,14H,4-10H2,1-3H3. The normalized spacial score (nSPS) is 31.1. The number of hydrogen-bond donors (Lipinski definition) is 1. The van der Waals surface area contributed by atoms with E-state index in [9.17, 15) is 0 Å². The summed E-state index contributed by atoms with van der Waals surface area (Å²) in [5, 5.41) is 3.79. The van der Waals surface area contributed by atoms with Gasteiger partial charge in [-0.3, -0.25) is 0 Å². The van der Waals surface area contributed by atoms with E-state index in [0.717, 1.165) is 11.8 Å². The van der Waals surface area contributed by atoms with Crippen molar-refractivity contribution in [2.24, 2.45) is 11.8 Å². The predicted octanol–water partition coefficient (Wildman–Crippen LogP) is 2.41. The van der Waals surface area contributed by atoms with Gasteiger partial charge in [-0.15, -0.1) is 11.8 Å². The Labute approximate surface area is 105 Å². The molecular weight excluding hydrogens is 216 g/mol. The molecule has 1 atom stereocenters. The minimum atomic E-state index is 0.431. The Bertz CT molecular complexity index is 212. The molecule has 0 amide bonds. The molecule has 2 rings (SSSR count). The number of piperidine rings is 1. The van der Waals surface area contributed by atoms with Crippen LogP contribution in [0.5, 0.6) is 0 Å². The van der Waals surface area contributed by atoms with Crippen molar-refractivity contribution < 1.29 is 0 Å². The van der Waals surface area contributed by atoms with Gasteiger partial charge < -0.3 is 10.2 Å². The van der Waals surface area contributed by atoms with Crippen molar-refractivity contribution in [3.63, 3.8) is 0 Å². The monoisotopic (exact) mass is 242 g/mol. The highest BCUT2D eigenvalue weighted by Crippen LogP contribution is 2.37. The number of thioether (sulfide) groups is 1. The summed E-state index contributed by atoms with van der Waals surface area (Å²) in [6, 6.07) is 0. The molecule has 16 heavy (non-hydrogen) atoms. The van der Waals surface area contributed by atoms with Gasteiger partial charge in [0.1, 0.15) is 0 Å². The lowest BCUT2D eigenvalue weighted by Gasteiger charge is -2.46. The van der Waals surface area contributed by atoms with Crippen LogP contribution >= 0.6 is 11.8 Å². The second-order valence-corrected chi connectivity index (χ2v) is 7.39. The largest absolute Gasteiger partial charge is 0.303 e. The maximum Gasteiger partial charge on any atom is 0.0669 e.